The number of rotatable bonds is 6. The predicted molar refractivity (Wildman–Crippen MR) is 124 cm³/mol. The lowest BCUT2D eigenvalue weighted by atomic mass is 9.76. The molecule has 5 rings (SSSR count). The van der Waals surface area contributed by atoms with Crippen molar-refractivity contribution in [3.8, 4) is 11.1 Å². The van der Waals surface area contributed by atoms with Crippen molar-refractivity contribution in [1.82, 2.24) is 15.1 Å². The zero-order chi connectivity index (χ0) is 23.9. The molecule has 0 saturated heterocycles. The van der Waals surface area contributed by atoms with Crippen molar-refractivity contribution < 1.29 is 24.2 Å². The van der Waals surface area contributed by atoms with Crippen molar-refractivity contribution >= 4 is 23.8 Å². The molecule has 2 aromatic carbocycles. The molecule has 1 heterocycles. The first-order valence-electron chi connectivity index (χ1n) is 11.1. The molecule has 0 bridgehead atoms. The van der Waals surface area contributed by atoms with Crippen LogP contribution in [-0.4, -0.2) is 45.0 Å². The van der Waals surface area contributed by atoms with Crippen molar-refractivity contribution in [3.63, 3.8) is 0 Å². The molecule has 0 unspecified atom stereocenters. The van der Waals surface area contributed by atoms with E-state index in [-0.39, 0.29) is 24.0 Å². The predicted octanol–water partition coefficient (Wildman–Crippen LogP) is 3.52. The van der Waals surface area contributed by atoms with Gasteiger partial charge in [-0.15, -0.1) is 0 Å². The lowest BCUT2D eigenvalue weighted by molar-refractivity contribution is -0.125. The summed E-state index contributed by atoms with van der Waals surface area (Å²) in [7, 11) is 1.48. The number of aromatic nitrogens is 2. The second-order valence-corrected chi connectivity index (χ2v) is 8.68. The Morgan fingerprint density at radius 2 is 1.71 bits per heavy atom. The van der Waals surface area contributed by atoms with E-state index in [0.29, 0.717) is 12.8 Å². The highest BCUT2D eigenvalue weighted by Gasteiger charge is 2.46. The molecule has 3 aromatic rings. The van der Waals surface area contributed by atoms with Crippen LogP contribution < -0.4 is 10.6 Å². The largest absolute Gasteiger partial charge is 0.477 e. The number of hydrogen-bond donors (Lipinski definition) is 3. The first-order chi connectivity index (χ1) is 16.4. The summed E-state index contributed by atoms with van der Waals surface area (Å²) in [5, 5.41) is 18.6. The fourth-order valence-electron chi connectivity index (χ4n) is 4.73. The maximum absolute atomic E-state index is 13.0. The molecule has 0 radical (unpaired) electrons. The number of amides is 2. The molecule has 3 N–H and O–H groups in total. The van der Waals surface area contributed by atoms with Gasteiger partial charge in [0.2, 0.25) is 0 Å². The Hall–Kier alpha value is -4.14. The molecule has 2 aliphatic rings. The number of fused-ring (bicyclic) bond motifs is 3. The lowest BCUT2D eigenvalue weighted by Gasteiger charge is -2.40. The maximum Gasteiger partial charge on any atom is 0.408 e. The molecule has 0 aliphatic heterocycles. The third kappa shape index (κ3) is 3.68. The van der Waals surface area contributed by atoms with Gasteiger partial charge < -0.3 is 20.5 Å². The van der Waals surface area contributed by atoms with Gasteiger partial charge in [-0.05, 0) is 41.5 Å². The topological polar surface area (TPSA) is 123 Å². The fourth-order valence-corrected chi connectivity index (χ4v) is 4.73. The molecule has 1 aromatic heterocycles. The Balaban J connectivity index is 1.25. The van der Waals surface area contributed by atoms with Gasteiger partial charge in [0, 0.05) is 19.0 Å². The molecule has 9 heteroatoms. The second kappa shape index (κ2) is 8.33. The maximum atomic E-state index is 13.0. The Bertz CT molecular complexity index is 1250. The van der Waals surface area contributed by atoms with Gasteiger partial charge in [0.25, 0.3) is 5.91 Å². The standard InChI is InChI=1S/C25H24N4O5/c1-29-20(22(30)31)13-21(28-29)26-23(32)25(11-6-12-25)27-24(33)34-14-19-17-9-4-2-7-15(17)16-8-3-5-10-18(16)19/h2-5,7-10,13,19H,6,11-12,14H2,1H3,(H,27,33)(H,30,31)(H,26,28,32). The lowest BCUT2D eigenvalue weighted by Crippen LogP contribution is -2.61. The first-order valence-corrected chi connectivity index (χ1v) is 11.1. The molecular formula is C25H24N4O5. The van der Waals surface area contributed by atoms with Gasteiger partial charge in [0.1, 0.15) is 17.8 Å². The van der Waals surface area contributed by atoms with Crippen LogP contribution in [-0.2, 0) is 16.6 Å². The number of aromatic carboxylic acids is 1. The van der Waals surface area contributed by atoms with E-state index in [1.54, 1.807) is 0 Å². The molecule has 1 saturated carbocycles. The summed E-state index contributed by atoms with van der Waals surface area (Å²) in [6, 6.07) is 17.4. The van der Waals surface area contributed by atoms with Gasteiger partial charge in [-0.2, -0.15) is 5.10 Å². The van der Waals surface area contributed by atoms with Crippen molar-refractivity contribution in [2.45, 2.75) is 30.7 Å². The molecule has 174 valence electrons. The van der Waals surface area contributed by atoms with Crippen LogP contribution in [0.25, 0.3) is 11.1 Å². The molecule has 9 nitrogen and oxygen atoms in total. The quantitative estimate of drug-likeness (QED) is 0.517. The minimum atomic E-state index is -1.15. The van der Waals surface area contributed by atoms with Gasteiger partial charge in [0.15, 0.2) is 5.82 Å². The van der Waals surface area contributed by atoms with Crippen molar-refractivity contribution in [2.24, 2.45) is 7.05 Å². The number of ether oxygens (including phenoxy) is 1. The van der Waals surface area contributed by atoms with E-state index in [0.717, 1.165) is 28.7 Å². The van der Waals surface area contributed by atoms with Gasteiger partial charge >= 0.3 is 12.1 Å². The normalized spacial score (nSPS) is 15.6. The number of carbonyl (C=O) groups is 3. The van der Waals surface area contributed by atoms with Gasteiger partial charge in [0.05, 0.1) is 0 Å². The highest BCUT2D eigenvalue weighted by molar-refractivity contribution is 6.00. The van der Waals surface area contributed by atoms with Crippen molar-refractivity contribution in [2.75, 3.05) is 11.9 Å². The van der Waals surface area contributed by atoms with E-state index in [1.165, 1.54) is 17.8 Å². The molecule has 0 spiro atoms. The molecule has 0 atom stereocenters. The van der Waals surface area contributed by atoms with E-state index in [9.17, 15) is 19.5 Å². The van der Waals surface area contributed by atoms with Gasteiger partial charge in [-0.3, -0.25) is 9.48 Å². The molecule has 1 fully saturated rings. The Kier molecular flexibility index (Phi) is 5.31. The Morgan fingerprint density at radius 3 is 2.24 bits per heavy atom. The molecular weight excluding hydrogens is 436 g/mol. The number of benzene rings is 2. The van der Waals surface area contributed by atoms with Crippen LogP contribution in [0, 0.1) is 0 Å². The summed E-state index contributed by atoms with van der Waals surface area (Å²) in [5.41, 5.74) is 3.33. The van der Waals surface area contributed by atoms with E-state index in [4.69, 9.17) is 4.74 Å². The molecule has 2 aliphatic carbocycles. The Labute approximate surface area is 195 Å². The number of alkyl carbamates (subject to hydrolysis) is 1. The number of hydrogen-bond acceptors (Lipinski definition) is 5. The van der Waals surface area contributed by atoms with Crippen LogP contribution in [0.1, 0.15) is 46.8 Å². The van der Waals surface area contributed by atoms with Crippen LogP contribution in [0.4, 0.5) is 10.6 Å². The molecule has 34 heavy (non-hydrogen) atoms. The van der Waals surface area contributed by atoms with Crippen LogP contribution in [0.3, 0.4) is 0 Å². The van der Waals surface area contributed by atoms with Gasteiger partial charge in [-0.1, -0.05) is 48.5 Å². The van der Waals surface area contributed by atoms with Crippen LogP contribution in [0.5, 0.6) is 0 Å². The third-order valence-corrected chi connectivity index (χ3v) is 6.67. The van der Waals surface area contributed by atoms with Crippen LogP contribution >= 0.6 is 0 Å². The summed E-state index contributed by atoms with van der Waals surface area (Å²) in [5.74, 6) is -1.55. The number of carbonyl (C=O) groups excluding carboxylic acids is 2. The zero-order valence-corrected chi connectivity index (χ0v) is 18.6. The minimum Gasteiger partial charge on any atom is -0.477 e. The monoisotopic (exact) mass is 460 g/mol. The highest BCUT2D eigenvalue weighted by atomic mass is 16.5. The highest BCUT2D eigenvalue weighted by Crippen LogP contribution is 2.44. The van der Waals surface area contributed by atoms with Crippen LogP contribution in [0.2, 0.25) is 0 Å². The van der Waals surface area contributed by atoms with E-state index in [2.05, 4.69) is 27.9 Å². The van der Waals surface area contributed by atoms with E-state index in [1.807, 2.05) is 36.4 Å². The number of nitrogens with one attached hydrogen (secondary N) is 2. The third-order valence-electron chi connectivity index (χ3n) is 6.67. The summed E-state index contributed by atoms with van der Waals surface area (Å²) in [6.45, 7) is 0.153. The minimum absolute atomic E-state index is 0.0533. The number of nitrogens with zero attached hydrogens (tertiary/aromatic N) is 2. The fraction of sp³-hybridized carbons (Fsp3) is 0.280. The summed E-state index contributed by atoms with van der Waals surface area (Å²) < 4.78 is 6.77. The average molecular weight is 460 g/mol. The van der Waals surface area contributed by atoms with Crippen molar-refractivity contribution in [1.29, 1.82) is 0 Å². The summed E-state index contributed by atoms with van der Waals surface area (Å²) in [6.07, 6.45) is 1.03. The zero-order valence-electron chi connectivity index (χ0n) is 18.6. The SMILES string of the molecule is Cn1nc(NC(=O)C2(NC(=O)OCC3c4ccccc4-c4ccccc43)CCC2)cc1C(=O)O. The number of anilines is 1. The average Bonchev–Trinajstić information content (AvgIpc) is 3.32. The number of carboxylic acids is 1. The summed E-state index contributed by atoms with van der Waals surface area (Å²) >= 11 is 0. The molecule has 2 amide bonds. The smallest absolute Gasteiger partial charge is 0.408 e. The van der Waals surface area contributed by atoms with E-state index < -0.39 is 23.5 Å². The number of aryl methyl sites for hydroxylation is 1. The van der Waals surface area contributed by atoms with Crippen molar-refractivity contribution in [3.05, 3.63) is 71.4 Å². The van der Waals surface area contributed by atoms with Crippen LogP contribution in [0.15, 0.2) is 54.6 Å². The summed E-state index contributed by atoms with van der Waals surface area (Å²) in [4.78, 5) is 36.9. The Morgan fingerprint density at radius 1 is 1.09 bits per heavy atom. The van der Waals surface area contributed by atoms with Gasteiger partial charge in [-0.25, -0.2) is 9.59 Å². The van der Waals surface area contributed by atoms with E-state index >= 15 is 0 Å². The first kappa shape index (κ1) is 21.7. The number of carboxylic acid groups (broad SMARTS) is 1. The second-order valence-electron chi connectivity index (χ2n) is 8.68.